The number of benzene rings is 2. The van der Waals surface area contributed by atoms with Gasteiger partial charge in [-0.3, -0.25) is 19.7 Å². The molecule has 40 heavy (non-hydrogen) atoms. The number of ether oxygens (including phenoxy) is 1. The molecular formula is C31H38Cl2N2O5. The maximum atomic E-state index is 12.9. The van der Waals surface area contributed by atoms with Crippen molar-refractivity contribution in [2.75, 3.05) is 5.32 Å². The zero-order valence-electron chi connectivity index (χ0n) is 23.0. The van der Waals surface area contributed by atoms with Gasteiger partial charge < -0.3 is 10.1 Å². The van der Waals surface area contributed by atoms with Crippen molar-refractivity contribution in [2.24, 2.45) is 0 Å². The molecule has 2 aromatic rings. The van der Waals surface area contributed by atoms with E-state index in [9.17, 15) is 19.7 Å². The minimum atomic E-state index is -0.613. The number of anilines is 1. The summed E-state index contributed by atoms with van der Waals surface area (Å²) in [5.41, 5.74) is 0.0311. The molecule has 0 unspecified atom stereocenters. The molecule has 0 saturated carbocycles. The fraction of sp³-hybridized carbons (Fsp3) is 0.419. The van der Waals surface area contributed by atoms with Crippen LogP contribution in [0.1, 0.15) is 94.3 Å². The van der Waals surface area contributed by atoms with Gasteiger partial charge in [0.25, 0.3) is 11.6 Å². The number of hydrogen-bond acceptors (Lipinski definition) is 5. The second-order valence-electron chi connectivity index (χ2n) is 9.47. The van der Waals surface area contributed by atoms with E-state index in [1.807, 2.05) is 0 Å². The van der Waals surface area contributed by atoms with Gasteiger partial charge in [-0.2, -0.15) is 0 Å². The van der Waals surface area contributed by atoms with E-state index in [0.717, 1.165) is 44.6 Å². The molecule has 7 nitrogen and oxygen atoms in total. The summed E-state index contributed by atoms with van der Waals surface area (Å²) in [6.45, 7) is 2.22. The molecule has 2 aromatic carbocycles. The Bertz CT molecular complexity index is 1180. The highest BCUT2D eigenvalue weighted by molar-refractivity contribution is 6.34. The van der Waals surface area contributed by atoms with Crippen molar-refractivity contribution < 1.29 is 19.2 Å². The first-order chi connectivity index (χ1) is 19.3. The normalized spacial score (nSPS) is 11.3. The summed E-state index contributed by atoms with van der Waals surface area (Å²) in [7, 11) is 0. The number of hydrogen-bond donors (Lipinski definition) is 1. The standard InChI is InChI=1S/C31H38Cl2N2O5/c1-2-3-4-5-6-7-8-9-10-11-12-13-14-15-16-17-30(36)40-29-21-18-24(32)22-26(29)31(37)34-28-20-19-25(35(38)39)23-27(28)33/h6-7,9-10,18-23H,2-5,8,11-17H2,1H3,(H,34,37)/b7-6-,10-9-. The number of carbonyl (C=O) groups excluding carboxylic acids is 2. The maximum Gasteiger partial charge on any atom is 0.311 e. The van der Waals surface area contributed by atoms with Crippen LogP contribution in [0.5, 0.6) is 5.75 Å². The molecule has 0 aliphatic rings. The quantitative estimate of drug-likeness (QED) is 0.0466. The number of halogens is 2. The van der Waals surface area contributed by atoms with E-state index in [2.05, 4.69) is 36.5 Å². The van der Waals surface area contributed by atoms with E-state index in [4.69, 9.17) is 27.9 Å². The maximum absolute atomic E-state index is 12.9. The summed E-state index contributed by atoms with van der Waals surface area (Å²) >= 11 is 12.1. The first-order valence-corrected chi connectivity index (χ1v) is 14.6. The second kappa shape index (κ2) is 19.0. The van der Waals surface area contributed by atoms with Crippen molar-refractivity contribution in [3.8, 4) is 5.75 Å². The van der Waals surface area contributed by atoms with Gasteiger partial charge in [0.05, 0.1) is 21.2 Å². The molecule has 0 atom stereocenters. The van der Waals surface area contributed by atoms with Crippen LogP contribution < -0.4 is 10.1 Å². The Labute approximate surface area is 246 Å². The summed E-state index contributed by atoms with van der Waals surface area (Å²) in [5, 5.41) is 13.8. The number of allylic oxidation sites excluding steroid dienone is 4. The predicted octanol–water partition coefficient (Wildman–Crippen LogP) is 9.87. The second-order valence-corrected chi connectivity index (χ2v) is 10.3. The molecule has 0 saturated heterocycles. The SMILES string of the molecule is CCCCC/C=C\C/C=C\CCCCCCCC(=O)Oc1ccc(Cl)cc1C(=O)Nc1ccc([N+](=O)[O-])cc1Cl. The highest BCUT2D eigenvalue weighted by atomic mass is 35.5. The van der Waals surface area contributed by atoms with Gasteiger partial charge in [0, 0.05) is 23.6 Å². The van der Waals surface area contributed by atoms with Gasteiger partial charge in [-0.1, -0.05) is 86.5 Å². The molecule has 0 bridgehead atoms. The Hall–Kier alpha value is -3.16. The van der Waals surface area contributed by atoms with Crippen molar-refractivity contribution in [1.82, 2.24) is 0 Å². The van der Waals surface area contributed by atoms with Crippen LogP contribution in [-0.2, 0) is 4.79 Å². The van der Waals surface area contributed by atoms with Crippen LogP contribution >= 0.6 is 23.2 Å². The van der Waals surface area contributed by atoms with E-state index >= 15 is 0 Å². The lowest BCUT2D eigenvalue weighted by Crippen LogP contribution is -2.16. The van der Waals surface area contributed by atoms with Gasteiger partial charge in [0.15, 0.2) is 0 Å². The number of unbranched alkanes of at least 4 members (excludes halogenated alkanes) is 8. The Morgan fingerprint density at radius 2 is 1.57 bits per heavy atom. The smallest absolute Gasteiger partial charge is 0.311 e. The van der Waals surface area contributed by atoms with E-state index in [1.54, 1.807) is 0 Å². The Morgan fingerprint density at radius 3 is 2.25 bits per heavy atom. The number of esters is 1. The minimum Gasteiger partial charge on any atom is -0.426 e. The van der Waals surface area contributed by atoms with Crippen LogP contribution in [0.25, 0.3) is 0 Å². The van der Waals surface area contributed by atoms with Gasteiger partial charge >= 0.3 is 5.97 Å². The fourth-order valence-corrected chi connectivity index (χ4v) is 4.33. The van der Waals surface area contributed by atoms with Crippen molar-refractivity contribution in [3.05, 3.63) is 86.4 Å². The van der Waals surface area contributed by atoms with Crippen LogP contribution in [0.4, 0.5) is 11.4 Å². The van der Waals surface area contributed by atoms with Crippen LogP contribution in [0.2, 0.25) is 10.0 Å². The third-order valence-electron chi connectivity index (χ3n) is 6.15. The summed E-state index contributed by atoms with van der Waals surface area (Å²) in [5.74, 6) is -0.971. The van der Waals surface area contributed by atoms with Gasteiger partial charge in [-0.05, 0) is 62.8 Å². The van der Waals surface area contributed by atoms with Crippen LogP contribution in [0, 0.1) is 10.1 Å². The number of rotatable bonds is 18. The predicted molar refractivity (Wildman–Crippen MR) is 163 cm³/mol. The highest BCUT2D eigenvalue weighted by Crippen LogP contribution is 2.29. The zero-order valence-corrected chi connectivity index (χ0v) is 24.5. The monoisotopic (exact) mass is 588 g/mol. The Morgan fingerprint density at radius 1 is 0.900 bits per heavy atom. The number of carbonyl (C=O) groups is 2. The molecule has 0 heterocycles. The largest absolute Gasteiger partial charge is 0.426 e. The number of amides is 1. The summed E-state index contributed by atoms with van der Waals surface area (Å²) in [6, 6.07) is 8.07. The molecule has 0 fully saturated rings. The third kappa shape index (κ3) is 12.8. The van der Waals surface area contributed by atoms with Crippen molar-refractivity contribution >= 4 is 46.5 Å². The summed E-state index contributed by atoms with van der Waals surface area (Å²) in [6.07, 6.45) is 21.2. The number of nitrogens with one attached hydrogen (secondary N) is 1. The van der Waals surface area contributed by atoms with Crippen LogP contribution in [-0.4, -0.2) is 16.8 Å². The molecule has 9 heteroatoms. The number of nitro groups is 1. The van der Waals surface area contributed by atoms with Crippen molar-refractivity contribution in [2.45, 2.75) is 84.0 Å². The number of nitrogens with zero attached hydrogens (tertiary/aromatic N) is 1. The highest BCUT2D eigenvalue weighted by Gasteiger charge is 2.18. The molecule has 0 aliphatic carbocycles. The third-order valence-corrected chi connectivity index (χ3v) is 6.70. The van der Waals surface area contributed by atoms with Gasteiger partial charge in [-0.15, -0.1) is 0 Å². The zero-order chi connectivity index (χ0) is 29.2. The topological polar surface area (TPSA) is 98.5 Å². The van der Waals surface area contributed by atoms with E-state index in [0.29, 0.717) is 6.42 Å². The van der Waals surface area contributed by atoms with Gasteiger partial charge in [0.2, 0.25) is 0 Å². The van der Waals surface area contributed by atoms with E-state index in [-0.39, 0.29) is 39.2 Å². The number of nitro benzene ring substituents is 1. The van der Waals surface area contributed by atoms with Gasteiger partial charge in [-0.25, -0.2) is 0 Å². The van der Waals surface area contributed by atoms with Crippen molar-refractivity contribution in [1.29, 1.82) is 0 Å². The molecule has 216 valence electrons. The summed E-state index contributed by atoms with van der Waals surface area (Å²) in [4.78, 5) is 35.6. The Balaban J connectivity index is 1.71. The molecule has 1 N–H and O–H groups in total. The van der Waals surface area contributed by atoms with Crippen molar-refractivity contribution in [3.63, 3.8) is 0 Å². The Kier molecular flexibility index (Phi) is 15.7. The average molecular weight is 590 g/mol. The molecule has 2 rings (SSSR count). The fourth-order valence-electron chi connectivity index (χ4n) is 3.93. The summed E-state index contributed by atoms with van der Waals surface area (Å²) < 4.78 is 5.46. The molecule has 0 aromatic heterocycles. The molecule has 1 amide bonds. The minimum absolute atomic E-state index is 0.00413. The molecule has 0 radical (unpaired) electrons. The number of non-ortho nitro benzene ring substituents is 1. The van der Waals surface area contributed by atoms with E-state index < -0.39 is 16.8 Å². The first-order valence-electron chi connectivity index (χ1n) is 13.9. The lowest BCUT2D eigenvalue weighted by molar-refractivity contribution is -0.384. The molecule has 0 spiro atoms. The first kappa shape index (κ1) is 33.0. The molecular weight excluding hydrogens is 551 g/mol. The lowest BCUT2D eigenvalue weighted by atomic mass is 10.1. The lowest BCUT2D eigenvalue weighted by Gasteiger charge is -2.12. The van der Waals surface area contributed by atoms with Gasteiger partial charge in [0.1, 0.15) is 5.75 Å². The average Bonchev–Trinajstić information content (AvgIpc) is 2.92. The van der Waals surface area contributed by atoms with Crippen LogP contribution in [0.3, 0.4) is 0 Å². The van der Waals surface area contributed by atoms with Crippen LogP contribution in [0.15, 0.2) is 60.7 Å². The van der Waals surface area contributed by atoms with E-state index in [1.165, 1.54) is 56.0 Å². The molecule has 0 aliphatic heterocycles.